The fourth-order valence-electron chi connectivity index (χ4n) is 2.19. The van der Waals surface area contributed by atoms with Gasteiger partial charge in [-0.05, 0) is 45.6 Å². The van der Waals surface area contributed by atoms with Crippen LogP contribution in [0.5, 0.6) is 0 Å². The van der Waals surface area contributed by atoms with Crippen molar-refractivity contribution in [2.45, 2.75) is 45.6 Å². The first-order chi connectivity index (χ1) is 8.27. The third-order valence-corrected chi connectivity index (χ3v) is 3.47. The maximum absolute atomic E-state index is 4.14. The molecule has 0 atom stereocenters. The topological polar surface area (TPSA) is 42.7 Å². The first-order valence-electron chi connectivity index (χ1n) is 6.51. The molecule has 1 aliphatic carbocycles. The van der Waals surface area contributed by atoms with Crippen LogP contribution in [0, 0.1) is 6.92 Å². The standard InChI is InChI=1S/C13H22N4/c1-11-15-16-13(17(11)2)10-14-9-8-12-6-4-3-5-7-12/h6,14H,3-5,7-10H2,1-2H3. The molecule has 2 rings (SSSR count). The van der Waals surface area contributed by atoms with Crippen molar-refractivity contribution in [1.29, 1.82) is 0 Å². The van der Waals surface area contributed by atoms with Gasteiger partial charge in [0.1, 0.15) is 11.6 Å². The smallest absolute Gasteiger partial charge is 0.146 e. The van der Waals surface area contributed by atoms with Gasteiger partial charge in [0.25, 0.3) is 0 Å². The van der Waals surface area contributed by atoms with Crippen molar-refractivity contribution in [2.75, 3.05) is 6.54 Å². The first-order valence-corrected chi connectivity index (χ1v) is 6.51. The molecule has 1 heterocycles. The number of hydrogen-bond acceptors (Lipinski definition) is 3. The lowest BCUT2D eigenvalue weighted by molar-refractivity contribution is 0.608. The summed E-state index contributed by atoms with van der Waals surface area (Å²) in [7, 11) is 2.01. The molecule has 1 aromatic rings. The zero-order valence-electron chi connectivity index (χ0n) is 10.9. The Morgan fingerprint density at radius 1 is 1.35 bits per heavy atom. The minimum Gasteiger partial charge on any atom is -0.317 e. The number of rotatable bonds is 5. The van der Waals surface area contributed by atoms with E-state index in [-0.39, 0.29) is 0 Å². The molecule has 0 radical (unpaired) electrons. The summed E-state index contributed by atoms with van der Waals surface area (Å²) in [5.74, 6) is 1.98. The molecule has 0 aromatic carbocycles. The molecule has 0 spiro atoms. The third kappa shape index (κ3) is 3.40. The van der Waals surface area contributed by atoms with Crippen LogP contribution in [0.3, 0.4) is 0 Å². The normalized spacial score (nSPS) is 16.0. The average molecular weight is 234 g/mol. The van der Waals surface area contributed by atoms with Crippen LogP contribution in [-0.2, 0) is 13.6 Å². The minimum absolute atomic E-state index is 0.810. The lowest BCUT2D eigenvalue weighted by Gasteiger charge is -2.12. The van der Waals surface area contributed by atoms with Crippen molar-refractivity contribution in [3.63, 3.8) is 0 Å². The fourth-order valence-corrected chi connectivity index (χ4v) is 2.19. The summed E-state index contributed by atoms with van der Waals surface area (Å²) in [5.41, 5.74) is 1.62. The summed E-state index contributed by atoms with van der Waals surface area (Å²) in [6, 6.07) is 0. The van der Waals surface area contributed by atoms with Gasteiger partial charge < -0.3 is 9.88 Å². The van der Waals surface area contributed by atoms with Crippen LogP contribution < -0.4 is 5.32 Å². The van der Waals surface area contributed by atoms with Crippen LogP contribution in [0.1, 0.15) is 43.8 Å². The van der Waals surface area contributed by atoms with E-state index in [1.54, 1.807) is 5.57 Å². The molecular weight excluding hydrogens is 212 g/mol. The van der Waals surface area contributed by atoms with Crippen molar-refractivity contribution in [1.82, 2.24) is 20.1 Å². The van der Waals surface area contributed by atoms with E-state index in [0.717, 1.165) is 24.7 Å². The van der Waals surface area contributed by atoms with E-state index in [2.05, 4.69) is 21.6 Å². The third-order valence-electron chi connectivity index (χ3n) is 3.47. The number of nitrogens with zero attached hydrogens (tertiary/aromatic N) is 3. The van der Waals surface area contributed by atoms with Gasteiger partial charge in [-0.1, -0.05) is 11.6 Å². The van der Waals surface area contributed by atoms with Crippen LogP contribution in [-0.4, -0.2) is 21.3 Å². The maximum Gasteiger partial charge on any atom is 0.146 e. The highest BCUT2D eigenvalue weighted by atomic mass is 15.3. The van der Waals surface area contributed by atoms with Gasteiger partial charge in [-0.25, -0.2) is 0 Å². The summed E-state index contributed by atoms with van der Waals surface area (Å²) in [6.07, 6.45) is 8.90. The van der Waals surface area contributed by atoms with E-state index < -0.39 is 0 Å². The Bertz CT molecular complexity index is 392. The Hall–Kier alpha value is -1.16. The van der Waals surface area contributed by atoms with Gasteiger partial charge in [0, 0.05) is 7.05 Å². The van der Waals surface area contributed by atoms with E-state index in [9.17, 15) is 0 Å². The second-order valence-electron chi connectivity index (χ2n) is 4.76. The van der Waals surface area contributed by atoms with Crippen LogP contribution >= 0.6 is 0 Å². The van der Waals surface area contributed by atoms with Crippen molar-refractivity contribution in [3.05, 3.63) is 23.3 Å². The second-order valence-corrected chi connectivity index (χ2v) is 4.76. The van der Waals surface area contributed by atoms with Gasteiger partial charge in [0.15, 0.2) is 0 Å². The number of nitrogens with one attached hydrogen (secondary N) is 1. The van der Waals surface area contributed by atoms with Crippen molar-refractivity contribution in [3.8, 4) is 0 Å². The lowest BCUT2D eigenvalue weighted by Crippen LogP contribution is -2.18. The molecule has 1 N–H and O–H groups in total. The molecular formula is C13H22N4. The quantitative estimate of drug-likeness (QED) is 0.626. The molecule has 1 aliphatic rings. The molecule has 94 valence electrons. The number of allylic oxidation sites excluding steroid dienone is 1. The summed E-state index contributed by atoms with van der Waals surface area (Å²) in [6.45, 7) is 3.83. The SMILES string of the molecule is Cc1nnc(CNCCC2=CCCCC2)n1C. The van der Waals surface area contributed by atoms with Crippen molar-refractivity contribution >= 4 is 0 Å². The Morgan fingerprint density at radius 2 is 2.24 bits per heavy atom. The van der Waals surface area contributed by atoms with E-state index in [1.165, 1.54) is 32.1 Å². The molecule has 0 amide bonds. The lowest BCUT2D eigenvalue weighted by atomic mass is 9.97. The maximum atomic E-state index is 4.14. The van der Waals surface area contributed by atoms with Crippen molar-refractivity contribution < 1.29 is 0 Å². The van der Waals surface area contributed by atoms with Crippen LogP contribution in [0.25, 0.3) is 0 Å². The van der Waals surface area contributed by atoms with Crippen LogP contribution in [0.15, 0.2) is 11.6 Å². The summed E-state index contributed by atoms with van der Waals surface area (Å²) in [5, 5.41) is 11.6. The first kappa shape index (κ1) is 12.3. The highest BCUT2D eigenvalue weighted by Gasteiger charge is 2.05. The van der Waals surface area contributed by atoms with E-state index >= 15 is 0 Å². The van der Waals surface area contributed by atoms with Crippen LogP contribution in [0.4, 0.5) is 0 Å². The number of aromatic nitrogens is 3. The minimum atomic E-state index is 0.810. The summed E-state index contributed by atoms with van der Waals surface area (Å²) >= 11 is 0. The molecule has 1 aromatic heterocycles. The second kappa shape index (κ2) is 5.96. The summed E-state index contributed by atoms with van der Waals surface area (Å²) < 4.78 is 2.03. The Morgan fingerprint density at radius 3 is 2.88 bits per heavy atom. The number of hydrogen-bond donors (Lipinski definition) is 1. The van der Waals surface area contributed by atoms with Gasteiger partial charge in [0.2, 0.25) is 0 Å². The monoisotopic (exact) mass is 234 g/mol. The van der Waals surface area contributed by atoms with E-state index in [0.29, 0.717) is 0 Å². The van der Waals surface area contributed by atoms with Crippen LogP contribution in [0.2, 0.25) is 0 Å². The molecule has 0 saturated carbocycles. The molecule has 17 heavy (non-hydrogen) atoms. The Kier molecular flexibility index (Phi) is 4.31. The van der Waals surface area contributed by atoms with E-state index in [1.807, 2.05) is 18.5 Å². The Balaban J connectivity index is 1.69. The molecule has 0 aliphatic heterocycles. The summed E-state index contributed by atoms with van der Waals surface area (Å²) in [4.78, 5) is 0. The zero-order chi connectivity index (χ0) is 12.1. The predicted molar refractivity (Wildman–Crippen MR) is 68.6 cm³/mol. The van der Waals surface area contributed by atoms with E-state index in [4.69, 9.17) is 0 Å². The van der Waals surface area contributed by atoms with Gasteiger partial charge in [0.05, 0.1) is 6.54 Å². The fraction of sp³-hybridized carbons (Fsp3) is 0.692. The Labute approximate surface area is 103 Å². The van der Waals surface area contributed by atoms with Gasteiger partial charge in [-0.2, -0.15) is 0 Å². The van der Waals surface area contributed by atoms with Gasteiger partial charge in [-0.15, -0.1) is 10.2 Å². The molecule has 0 bridgehead atoms. The molecule has 0 saturated heterocycles. The predicted octanol–water partition coefficient (Wildman–Crippen LogP) is 2.10. The largest absolute Gasteiger partial charge is 0.317 e. The van der Waals surface area contributed by atoms with Crippen molar-refractivity contribution in [2.24, 2.45) is 7.05 Å². The van der Waals surface area contributed by atoms with Gasteiger partial charge >= 0.3 is 0 Å². The molecule has 4 nitrogen and oxygen atoms in total. The highest BCUT2D eigenvalue weighted by Crippen LogP contribution is 2.19. The molecule has 0 fully saturated rings. The molecule has 0 unspecified atom stereocenters. The zero-order valence-corrected chi connectivity index (χ0v) is 10.9. The highest BCUT2D eigenvalue weighted by molar-refractivity contribution is 5.05. The average Bonchev–Trinajstić information content (AvgIpc) is 2.67. The van der Waals surface area contributed by atoms with Gasteiger partial charge in [-0.3, -0.25) is 0 Å². The number of aryl methyl sites for hydroxylation is 1. The molecule has 4 heteroatoms.